The molecular weight excluding hydrogens is 328 g/mol. The molecule has 0 amide bonds. The minimum absolute atomic E-state index is 1.01. The van der Waals surface area contributed by atoms with Crippen LogP contribution in [0, 0.1) is 0 Å². The molecule has 0 unspecified atom stereocenters. The van der Waals surface area contributed by atoms with E-state index in [9.17, 15) is 0 Å². The first-order valence-corrected chi connectivity index (χ1v) is 10.0. The Hall–Kier alpha value is -2.61. The molecule has 2 aromatic carbocycles. The van der Waals surface area contributed by atoms with Gasteiger partial charge in [0, 0.05) is 19.7 Å². The summed E-state index contributed by atoms with van der Waals surface area (Å²) in [5.41, 5.74) is 7.26. The third kappa shape index (κ3) is 5.19. The summed E-state index contributed by atoms with van der Waals surface area (Å²) in [6.45, 7) is 2.26. The predicted octanol–water partition coefficient (Wildman–Crippen LogP) is 6.60. The van der Waals surface area contributed by atoms with E-state index in [0.29, 0.717) is 0 Å². The SMILES string of the molecule is CCCCCCc1cccc(-c2cccc(-c3ccc(N(C)C)cn3)c2)c1. The molecule has 1 heterocycles. The van der Waals surface area contributed by atoms with Crippen LogP contribution in [0.3, 0.4) is 0 Å². The molecule has 3 rings (SSSR count). The number of anilines is 1. The monoisotopic (exact) mass is 358 g/mol. The van der Waals surface area contributed by atoms with Crippen LogP contribution in [-0.4, -0.2) is 19.1 Å². The fraction of sp³-hybridized carbons (Fsp3) is 0.320. The molecule has 2 nitrogen and oxygen atoms in total. The van der Waals surface area contributed by atoms with Crippen molar-refractivity contribution in [3.63, 3.8) is 0 Å². The first-order chi connectivity index (χ1) is 13.2. The van der Waals surface area contributed by atoms with Crippen molar-refractivity contribution in [1.82, 2.24) is 4.98 Å². The van der Waals surface area contributed by atoms with E-state index >= 15 is 0 Å². The zero-order valence-corrected chi connectivity index (χ0v) is 16.8. The molecule has 27 heavy (non-hydrogen) atoms. The number of rotatable bonds is 8. The molecule has 3 aromatic rings. The fourth-order valence-corrected chi connectivity index (χ4v) is 3.34. The second-order valence-corrected chi connectivity index (χ2v) is 7.39. The van der Waals surface area contributed by atoms with Gasteiger partial charge in [-0.2, -0.15) is 0 Å². The third-order valence-corrected chi connectivity index (χ3v) is 5.00. The van der Waals surface area contributed by atoms with Crippen molar-refractivity contribution in [2.24, 2.45) is 0 Å². The Morgan fingerprint density at radius 1 is 0.778 bits per heavy atom. The number of hydrogen-bond donors (Lipinski definition) is 0. The lowest BCUT2D eigenvalue weighted by Crippen LogP contribution is -2.08. The maximum absolute atomic E-state index is 4.64. The van der Waals surface area contributed by atoms with Crippen molar-refractivity contribution in [1.29, 1.82) is 0 Å². The van der Waals surface area contributed by atoms with Crippen molar-refractivity contribution in [3.8, 4) is 22.4 Å². The number of pyridine rings is 1. The number of benzene rings is 2. The van der Waals surface area contributed by atoms with Gasteiger partial charge in [0.1, 0.15) is 0 Å². The molecule has 0 spiro atoms. The highest BCUT2D eigenvalue weighted by Gasteiger charge is 2.05. The van der Waals surface area contributed by atoms with Gasteiger partial charge in [-0.1, -0.05) is 68.7 Å². The van der Waals surface area contributed by atoms with Gasteiger partial charge in [0.2, 0.25) is 0 Å². The smallest absolute Gasteiger partial charge is 0.0703 e. The molecule has 2 heteroatoms. The number of hydrogen-bond acceptors (Lipinski definition) is 2. The van der Waals surface area contributed by atoms with Gasteiger partial charge in [0.25, 0.3) is 0 Å². The molecule has 1 aromatic heterocycles. The molecule has 0 fully saturated rings. The zero-order valence-electron chi connectivity index (χ0n) is 16.8. The Morgan fingerprint density at radius 2 is 1.52 bits per heavy atom. The van der Waals surface area contributed by atoms with Crippen molar-refractivity contribution >= 4 is 5.69 Å². The van der Waals surface area contributed by atoms with Crippen LogP contribution in [0.2, 0.25) is 0 Å². The topological polar surface area (TPSA) is 16.1 Å². The van der Waals surface area contributed by atoms with Crippen LogP contribution in [0.25, 0.3) is 22.4 Å². The van der Waals surface area contributed by atoms with Crippen molar-refractivity contribution in [2.45, 2.75) is 39.0 Å². The molecule has 0 aliphatic heterocycles. The highest BCUT2D eigenvalue weighted by molar-refractivity contribution is 5.72. The minimum Gasteiger partial charge on any atom is -0.376 e. The molecular formula is C25H30N2. The van der Waals surface area contributed by atoms with Crippen molar-refractivity contribution in [2.75, 3.05) is 19.0 Å². The number of nitrogens with zero attached hydrogens (tertiary/aromatic N) is 2. The molecule has 0 aliphatic rings. The van der Waals surface area contributed by atoms with Gasteiger partial charge >= 0.3 is 0 Å². The first kappa shape index (κ1) is 19.2. The average molecular weight is 359 g/mol. The van der Waals surface area contributed by atoms with Gasteiger partial charge in [-0.05, 0) is 47.7 Å². The molecule has 0 saturated carbocycles. The largest absolute Gasteiger partial charge is 0.376 e. The molecule has 0 bridgehead atoms. The summed E-state index contributed by atoms with van der Waals surface area (Å²) in [6.07, 6.45) is 8.32. The summed E-state index contributed by atoms with van der Waals surface area (Å²) in [4.78, 5) is 6.71. The maximum Gasteiger partial charge on any atom is 0.0703 e. The number of aryl methyl sites for hydroxylation is 1. The van der Waals surface area contributed by atoms with Gasteiger partial charge in [-0.25, -0.2) is 0 Å². The van der Waals surface area contributed by atoms with Gasteiger partial charge in [0.05, 0.1) is 17.6 Å². The normalized spacial score (nSPS) is 10.8. The van der Waals surface area contributed by atoms with Crippen LogP contribution in [0.4, 0.5) is 5.69 Å². The van der Waals surface area contributed by atoms with Gasteiger partial charge < -0.3 is 4.90 Å². The maximum atomic E-state index is 4.64. The van der Waals surface area contributed by atoms with E-state index < -0.39 is 0 Å². The van der Waals surface area contributed by atoms with E-state index in [2.05, 4.69) is 77.5 Å². The fourth-order valence-electron chi connectivity index (χ4n) is 3.34. The summed E-state index contributed by atoms with van der Waals surface area (Å²) < 4.78 is 0. The summed E-state index contributed by atoms with van der Waals surface area (Å²) >= 11 is 0. The zero-order chi connectivity index (χ0) is 19.1. The molecule has 0 radical (unpaired) electrons. The Balaban J connectivity index is 1.79. The summed E-state index contributed by atoms with van der Waals surface area (Å²) in [5.74, 6) is 0. The summed E-state index contributed by atoms with van der Waals surface area (Å²) in [7, 11) is 4.07. The van der Waals surface area contributed by atoms with Crippen molar-refractivity contribution in [3.05, 3.63) is 72.4 Å². The third-order valence-electron chi connectivity index (χ3n) is 5.00. The predicted molar refractivity (Wildman–Crippen MR) is 117 cm³/mol. The molecule has 140 valence electrons. The van der Waals surface area contributed by atoms with E-state index in [1.54, 1.807) is 0 Å². The quantitative estimate of drug-likeness (QED) is 0.421. The highest BCUT2D eigenvalue weighted by atomic mass is 15.1. The van der Waals surface area contributed by atoms with E-state index in [1.165, 1.54) is 48.8 Å². The Morgan fingerprint density at radius 3 is 2.22 bits per heavy atom. The molecule has 0 N–H and O–H groups in total. The van der Waals surface area contributed by atoms with Crippen LogP contribution >= 0.6 is 0 Å². The molecule has 0 atom stereocenters. The van der Waals surface area contributed by atoms with Gasteiger partial charge in [-0.15, -0.1) is 0 Å². The van der Waals surface area contributed by atoms with E-state index in [1.807, 2.05) is 20.3 Å². The Bertz CT molecular complexity index is 850. The Kier molecular flexibility index (Phi) is 6.64. The molecule has 0 saturated heterocycles. The number of unbranched alkanes of at least 4 members (excludes halogenated alkanes) is 3. The van der Waals surface area contributed by atoms with E-state index in [-0.39, 0.29) is 0 Å². The van der Waals surface area contributed by atoms with Crippen LogP contribution in [0.15, 0.2) is 66.9 Å². The van der Waals surface area contributed by atoms with E-state index in [0.717, 1.165) is 16.9 Å². The lowest BCUT2D eigenvalue weighted by molar-refractivity contribution is 0.667. The molecule has 0 aliphatic carbocycles. The lowest BCUT2D eigenvalue weighted by Gasteiger charge is -2.12. The second kappa shape index (κ2) is 9.36. The first-order valence-electron chi connectivity index (χ1n) is 10.0. The minimum atomic E-state index is 1.01. The van der Waals surface area contributed by atoms with Crippen molar-refractivity contribution < 1.29 is 0 Å². The van der Waals surface area contributed by atoms with Gasteiger partial charge in [-0.3, -0.25) is 4.98 Å². The Labute approximate surface area is 163 Å². The summed E-state index contributed by atoms with van der Waals surface area (Å²) in [6, 6.07) is 21.9. The van der Waals surface area contributed by atoms with Crippen LogP contribution in [-0.2, 0) is 6.42 Å². The van der Waals surface area contributed by atoms with Crippen LogP contribution in [0.1, 0.15) is 38.2 Å². The van der Waals surface area contributed by atoms with Crippen LogP contribution in [0.5, 0.6) is 0 Å². The lowest BCUT2D eigenvalue weighted by atomic mass is 9.98. The van der Waals surface area contributed by atoms with Gasteiger partial charge in [0.15, 0.2) is 0 Å². The van der Waals surface area contributed by atoms with E-state index in [4.69, 9.17) is 0 Å². The van der Waals surface area contributed by atoms with Crippen LogP contribution < -0.4 is 4.90 Å². The average Bonchev–Trinajstić information content (AvgIpc) is 2.72. The highest BCUT2D eigenvalue weighted by Crippen LogP contribution is 2.27. The summed E-state index contributed by atoms with van der Waals surface area (Å²) in [5, 5.41) is 0. The standard InChI is InChI=1S/C25H30N2/c1-4-5-6-7-10-20-11-8-12-21(17-20)22-13-9-14-23(18-22)25-16-15-24(19-26-25)27(2)3/h8-9,11-19H,4-7,10H2,1-3H3. The second-order valence-electron chi connectivity index (χ2n) is 7.39. The number of aromatic nitrogens is 1.